The fraction of sp³-hybridized carbons (Fsp3) is 0.188. The van der Waals surface area contributed by atoms with Crippen molar-refractivity contribution in [2.24, 2.45) is 0 Å². The van der Waals surface area contributed by atoms with Crippen LogP contribution in [-0.4, -0.2) is 5.91 Å². The Morgan fingerprint density at radius 1 is 1.19 bits per heavy atom. The molecule has 0 aliphatic carbocycles. The smallest absolute Gasteiger partial charge is 0.254 e. The molecule has 3 nitrogen and oxygen atoms in total. The van der Waals surface area contributed by atoms with Crippen molar-refractivity contribution >= 4 is 27.5 Å². The third-order valence-electron chi connectivity index (χ3n) is 3.25. The fourth-order valence-corrected chi connectivity index (χ4v) is 2.28. The van der Waals surface area contributed by atoms with Gasteiger partial charge in [-0.2, -0.15) is 0 Å². The van der Waals surface area contributed by atoms with Crippen molar-refractivity contribution in [2.45, 2.75) is 19.4 Å². The first-order valence-electron chi connectivity index (χ1n) is 6.43. The average Bonchev–Trinajstić information content (AvgIpc) is 2.41. The molecule has 0 saturated carbocycles. The lowest BCUT2D eigenvalue weighted by Gasteiger charge is -2.27. The monoisotopic (exact) mass is 350 g/mol. The Hall–Kier alpha value is -1.88. The second kappa shape index (κ2) is 5.85. The number of rotatable bonds is 3. The van der Waals surface area contributed by atoms with Crippen LogP contribution in [0.4, 0.5) is 10.1 Å². The molecule has 2 aromatic carbocycles. The minimum atomic E-state index is -0.601. The molecule has 0 saturated heterocycles. The molecule has 0 bridgehead atoms. The van der Waals surface area contributed by atoms with Crippen molar-refractivity contribution < 1.29 is 9.18 Å². The van der Waals surface area contributed by atoms with Crippen LogP contribution >= 0.6 is 15.9 Å². The van der Waals surface area contributed by atoms with Crippen LogP contribution in [0, 0.1) is 5.82 Å². The molecule has 0 spiro atoms. The second-order valence-corrected chi connectivity index (χ2v) is 6.23. The number of carbonyl (C=O) groups excluding carboxylic acids is 1. The Bertz CT molecular complexity index is 668. The van der Waals surface area contributed by atoms with E-state index in [0.717, 1.165) is 16.1 Å². The maximum atomic E-state index is 13.3. The molecular formula is C16H16BrFN2O. The number of halogens is 2. The highest BCUT2D eigenvalue weighted by Gasteiger charge is 2.24. The summed E-state index contributed by atoms with van der Waals surface area (Å²) in [6, 6.07) is 11.4. The van der Waals surface area contributed by atoms with E-state index in [9.17, 15) is 9.18 Å². The first-order valence-corrected chi connectivity index (χ1v) is 7.22. The molecular weight excluding hydrogens is 335 g/mol. The number of benzene rings is 2. The van der Waals surface area contributed by atoms with E-state index in [4.69, 9.17) is 5.73 Å². The van der Waals surface area contributed by atoms with Crippen molar-refractivity contribution in [3.05, 3.63) is 63.9 Å². The van der Waals surface area contributed by atoms with Gasteiger partial charge in [0.15, 0.2) is 0 Å². The molecule has 0 heterocycles. The molecule has 0 aromatic heterocycles. The van der Waals surface area contributed by atoms with Gasteiger partial charge in [-0.05, 0) is 49.7 Å². The molecule has 0 fully saturated rings. The predicted molar refractivity (Wildman–Crippen MR) is 85.4 cm³/mol. The van der Waals surface area contributed by atoms with E-state index >= 15 is 0 Å². The van der Waals surface area contributed by atoms with Crippen LogP contribution < -0.4 is 11.1 Å². The topological polar surface area (TPSA) is 55.1 Å². The summed E-state index contributed by atoms with van der Waals surface area (Å²) in [5, 5.41) is 2.88. The molecule has 21 heavy (non-hydrogen) atoms. The first kappa shape index (κ1) is 15.5. The summed E-state index contributed by atoms with van der Waals surface area (Å²) in [7, 11) is 0. The highest BCUT2D eigenvalue weighted by Crippen LogP contribution is 2.23. The van der Waals surface area contributed by atoms with Crippen LogP contribution in [-0.2, 0) is 5.54 Å². The zero-order chi connectivity index (χ0) is 15.6. The van der Waals surface area contributed by atoms with Gasteiger partial charge in [-0.25, -0.2) is 4.39 Å². The number of nitrogens with one attached hydrogen (secondary N) is 1. The van der Waals surface area contributed by atoms with Gasteiger partial charge >= 0.3 is 0 Å². The summed E-state index contributed by atoms with van der Waals surface area (Å²) in [5.74, 6) is -0.893. The molecule has 0 aliphatic heterocycles. The van der Waals surface area contributed by atoms with Crippen molar-refractivity contribution in [2.75, 3.05) is 5.73 Å². The Labute approximate surface area is 131 Å². The molecule has 0 aliphatic rings. The van der Waals surface area contributed by atoms with Crippen LogP contribution in [0.25, 0.3) is 0 Å². The highest BCUT2D eigenvalue weighted by atomic mass is 79.9. The van der Waals surface area contributed by atoms with E-state index in [2.05, 4.69) is 21.2 Å². The molecule has 1 amide bonds. The van der Waals surface area contributed by atoms with Gasteiger partial charge < -0.3 is 11.1 Å². The van der Waals surface area contributed by atoms with Crippen molar-refractivity contribution in [3.8, 4) is 0 Å². The van der Waals surface area contributed by atoms with Crippen molar-refractivity contribution in [1.29, 1.82) is 0 Å². The Morgan fingerprint density at radius 2 is 1.81 bits per heavy atom. The Kier molecular flexibility index (Phi) is 4.32. The summed E-state index contributed by atoms with van der Waals surface area (Å²) < 4.78 is 14.2. The summed E-state index contributed by atoms with van der Waals surface area (Å²) in [6.45, 7) is 3.76. The van der Waals surface area contributed by atoms with Gasteiger partial charge in [0.2, 0.25) is 0 Å². The van der Waals surface area contributed by atoms with Gasteiger partial charge in [0, 0.05) is 10.2 Å². The standard InChI is InChI=1S/C16H16BrFN2O/c1-16(2,10-3-5-11(17)6-4-10)20-15(21)13-9-12(18)7-8-14(13)19/h3-9H,19H2,1-2H3,(H,20,21). The van der Waals surface area contributed by atoms with Gasteiger partial charge in [0.25, 0.3) is 5.91 Å². The maximum absolute atomic E-state index is 13.3. The zero-order valence-corrected chi connectivity index (χ0v) is 13.4. The second-order valence-electron chi connectivity index (χ2n) is 5.32. The number of amides is 1. The van der Waals surface area contributed by atoms with Crippen LogP contribution in [0.5, 0.6) is 0 Å². The molecule has 0 atom stereocenters. The largest absolute Gasteiger partial charge is 0.398 e. The van der Waals surface area contributed by atoms with E-state index in [1.54, 1.807) is 0 Å². The van der Waals surface area contributed by atoms with E-state index in [1.165, 1.54) is 12.1 Å². The molecule has 110 valence electrons. The Morgan fingerprint density at radius 3 is 2.43 bits per heavy atom. The van der Waals surface area contributed by atoms with E-state index in [1.807, 2.05) is 38.1 Å². The summed E-state index contributed by atoms with van der Waals surface area (Å²) in [4.78, 5) is 12.3. The van der Waals surface area contributed by atoms with Crippen LogP contribution in [0.2, 0.25) is 0 Å². The van der Waals surface area contributed by atoms with Crippen LogP contribution in [0.1, 0.15) is 29.8 Å². The van der Waals surface area contributed by atoms with Gasteiger partial charge in [-0.15, -0.1) is 0 Å². The van der Waals surface area contributed by atoms with Gasteiger partial charge in [-0.3, -0.25) is 4.79 Å². The minimum absolute atomic E-state index is 0.139. The normalized spacial score (nSPS) is 11.2. The summed E-state index contributed by atoms with van der Waals surface area (Å²) >= 11 is 3.37. The first-order chi connectivity index (χ1) is 9.79. The van der Waals surface area contributed by atoms with E-state index in [-0.39, 0.29) is 11.3 Å². The lowest BCUT2D eigenvalue weighted by molar-refractivity contribution is 0.0912. The molecule has 0 radical (unpaired) electrons. The lowest BCUT2D eigenvalue weighted by Crippen LogP contribution is -2.41. The molecule has 0 unspecified atom stereocenters. The van der Waals surface area contributed by atoms with Gasteiger partial charge in [-0.1, -0.05) is 28.1 Å². The molecule has 2 rings (SSSR count). The molecule has 2 aromatic rings. The van der Waals surface area contributed by atoms with E-state index in [0.29, 0.717) is 0 Å². The Balaban J connectivity index is 2.25. The predicted octanol–water partition coefficient (Wildman–Crippen LogP) is 3.84. The number of hydrogen-bond acceptors (Lipinski definition) is 2. The number of hydrogen-bond donors (Lipinski definition) is 2. The number of nitrogens with two attached hydrogens (primary N) is 1. The SMILES string of the molecule is CC(C)(NC(=O)c1cc(F)ccc1N)c1ccc(Br)cc1. The van der Waals surface area contributed by atoms with Crippen LogP contribution in [0.15, 0.2) is 46.9 Å². The van der Waals surface area contributed by atoms with Crippen LogP contribution in [0.3, 0.4) is 0 Å². The average molecular weight is 351 g/mol. The third kappa shape index (κ3) is 3.61. The minimum Gasteiger partial charge on any atom is -0.398 e. The third-order valence-corrected chi connectivity index (χ3v) is 3.78. The fourth-order valence-electron chi connectivity index (χ4n) is 2.02. The number of anilines is 1. The highest BCUT2D eigenvalue weighted by molar-refractivity contribution is 9.10. The zero-order valence-electron chi connectivity index (χ0n) is 11.8. The van der Waals surface area contributed by atoms with Crippen molar-refractivity contribution in [1.82, 2.24) is 5.32 Å². The number of nitrogen functional groups attached to an aromatic ring is 1. The molecule has 3 N–H and O–H groups in total. The summed E-state index contributed by atoms with van der Waals surface area (Å²) in [6.07, 6.45) is 0. The van der Waals surface area contributed by atoms with Gasteiger partial charge in [0.05, 0.1) is 11.1 Å². The van der Waals surface area contributed by atoms with E-state index < -0.39 is 17.3 Å². The summed E-state index contributed by atoms with van der Waals surface area (Å²) in [5.41, 5.74) is 6.46. The quantitative estimate of drug-likeness (QED) is 0.826. The van der Waals surface area contributed by atoms with Crippen molar-refractivity contribution in [3.63, 3.8) is 0 Å². The lowest BCUT2D eigenvalue weighted by atomic mass is 9.94. The maximum Gasteiger partial charge on any atom is 0.254 e. The van der Waals surface area contributed by atoms with Gasteiger partial charge in [0.1, 0.15) is 5.82 Å². The molecule has 5 heteroatoms. The number of carbonyl (C=O) groups is 1.